The lowest BCUT2D eigenvalue weighted by Gasteiger charge is -2.18. The van der Waals surface area contributed by atoms with Crippen LogP contribution in [0.4, 0.5) is 5.69 Å². The van der Waals surface area contributed by atoms with E-state index in [-0.39, 0.29) is 18.9 Å². The first kappa shape index (κ1) is 22.1. The van der Waals surface area contributed by atoms with Crippen molar-refractivity contribution in [1.29, 1.82) is 0 Å². The molecule has 3 aromatic rings. The van der Waals surface area contributed by atoms with Crippen LogP contribution < -0.4 is 14.4 Å². The second-order valence-corrected chi connectivity index (χ2v) is 9.74. The van der Waals surface area contributed by atoms with Crippen molar-refractivity contribution < 1.29 is 17.9 Å². The molecule has 7 heteroatoms. The van der Waals surface area contributed by atoms with Gasteiger partial charge in [0.05, 0.1) is 17.1 Å². The number of benzene rings is 3. The maximum absolute atomic E-state index is 13.0. The number of hydrogen-bond donors (Lipinski definition) is 1. The predicted molar refractivity (Wildman–Crippen MR) is 127 cm³/mol. The summed E-state index contributed by atoms with van der Waals surface area (Å²) in [5, 5.41) is 4.51. The zero-order valence-corrected chi connectivity index (χ0v) is 19.0. The van der Waals surface area contributed by atoms with Crippen molar-refractivity contribution in [1.82, 2.24) is 5.32 Å². The smallest absolute Gasteiger partial charge is 0.265 e. The van der Waals surface area contributed by atoms with Crippen LogP contribution in [0.3, 0.4) is 0 Å². The number of nitrogens with one attached hydrogen (secondary N) is 1. The van der Waals surface area contributed by atoms with Gasteiger partial charge >= 0.3 is 0 Å². The number of carbonyl (C=O) groups is 1. The molecule has 4 rings (SSSR count). The monoisotopic (exact) mass is 452 g/mol. The van der Waals surface area contributed by atoms with Crippen LogP contribution >= 0.6 is 0 Å². The zero-order chi connectivity index (χ0) is 22.6. The number of nitrogens with zero attached hydrogens (tertiary/aromatic N) is 1. The summed E-state index contributed by atoms with van der Waals surface area (Å²) in [4.78, 5) is 12.5. The molecule has 0 fully saturated rings. The SMILES string of the molecule is CCCc1ccc(OCCNC(=O)CCCN2c3cccc4cccc(c34)S2(=O)=O)cc1. The summed E-state index contributed by atoms with van der Waals surface area (Å²) >= 11 is 0. The van der Waals surface area contributed by atoms with Gasteiger partial charge in [-0.15, -0.1) is 0 Å². The number of ether oxygens (including phenoxy) is 1. The first-order valence-corrected chi connectivity index (χ1v) is 12.5. The lowest BCUT2D eigenvalue weighted by atomic mass is 10.1. The Morgan fingerprint density at radius 2 is 1.78 bits per heavy atom. The Kier molecular flexibility index (Phi) is 6.65. The van der Waals surface area contributed by atoms with E-state index >= 15 is 0 Å². The highest BCUT2D eigenvalue weighted by molar-refractivity contribution is 7.93. The molecule has 0 saturated heterocycles. The summed E-state index contributed by atoms with van der Waals surface area (Å²) in [5.41, 5.74) is 1.98. The quantitative estimate of drug-likeness (QED) is 0.466. The topological polar surface area (TPSA) is 75.7 Å². The summed E-state index contributed by atoms with van der Waals surface area (Å²) in [5.74, 6) is 0.672. The van der Waals surface area contributed by atoms with Crippen molar-refractivity contribution in [2.75, 3.05) is 24.0 Å². The van der Waals surface area contributed by atoms with E-state index in [1.165, 1.54) is 9.87 Å². The van der Waals surface area contributed by atoms with E-state index in [0.717, 1.165) is 29.4 Å². The van der Waals surface area contributed by atoms with Crippen molar-refractivity contribution in [3.8, 4) is 5.75 Å². The molecule has 0 unspecified atom stereocenters. The van der Waals surface area contributed by atoms with Gasteiger partial charge in [0, 0.05) is 18.4 Å². The van der Waals surface area contributed by atoms with Crippen LogP contribution in [0, 0.1) is 0 Å². The van der Waals surface area contributed by atoms with E-state index in [2.05, 4.69) is 24.4 Å². The Hall–Kier alpha value is -3.06. The van der Waals surface area contributed by atoms with Crippen molar-refractivity contribution in [3.05, 3.63) is 66.2 Å². The molecular weight excluding hydrogens is 424 g/mol. The van der Waals surface area contributed by atoms with Gasteiger partial charge in [0.1, 0.15) is 12.4 Å². The molecule has 1 aliphatic heterocycles. The number of amides is 1. The second-order valence-electron chi connectivity index (χ2n) is 7.90. The van der Waals surface area contributed by atoms with Gasteiger partial charge in [-0.25, -0.2) is 8.42 Å². The van der Waals surface area contributed by atoms with E-state index in [1.807, 2.05) is 36.4 Å². The molecule has 32 heavy (non-hydrogen) atoms. The number of carbonyl (C=O) groups excluding carboxylic acids is 1. The Bertz CT molecular complexity index is 1200. The van der Waals surface area contributed by atoms with E-state index < -0.39 is 10.0 Å². The number of sulfonamides is 1. The Morgan fingerprint density at radius 3 is 2.53 bits per heavy atom. The van der Waals surface area contributed by atoms with E-state index in [1.54, 1.807) is 12.1 Å². The van der Waals surface area contributed by atoms with Gasteiger partial charge < -0.3 is 10.1 Å². The van der Waals surface area contributed by atoms with Crippen LogP contribution in [0.5, 0.6) is 5.75 Å². The second kappa shape index (κ2) is 9.61. The maximum atomic E-state index is 13.0. The predicted octanol–water partition coefficient (Wildman–Crippen LogP) is 4.28. The van der Waals surface area contributed by atoms with Crippen molar-refractivity contribution in [2.24, 2.45) is 0 Å². The summed E-state index contributed by atoms with van der Waals surface area (Å²) < 4.78 is 33.0. The van der Waals surface area contributed by atoms with Crippen LogP contribution in [0.15, 0.2) is 65.6 Å². The van der Waals surface area contributed by atoms with Crippen LogP contribution in [0.1, 0.15) is 31.7 Å². The minimum absolute atomic E-state index is 0.112. The highest BCUT2D eigenvalue weighted by atomic mass is 32.2. The summed E-state index contributed by atoms with van der Waals surface area (Å²) in [6.45, 7) is 3.21. The number of rotatable bonds is 10. The third kappa shape index (κ3) is 4.58. The fourth-order valence-electron chi connectivity index (χ4n) is 4.07. The average Bonchev–Trinajstić information content (AvgIpc) is 3.01. The van der Waals surface area contributed by atoms with Crippen molar-refractivity contribution in [3.63, 3.8) is 0 Å². The summed E-state index contributed by atoms with van der Waals surface area (Å²) in [6, 6.07) is 18.9. The highest BCUT2D eigenvalue weighted by Gasteiger charge is 2.34. The standard InChI is InChI=1S/C25H28N2O4S/c1-2-6-19-12-14-21(15-13-19)31-18-16-26-24(28)11-5-17-27-22-9-3-7-20-8-4-10-23(25(20)22)32(27,29)30/h3-4,7-10,12-15H,2,5-6,11,16-18H2,1H3,(H,26,28). The fraction of sp³-hybridized carbons (Fsp3) is 0.320. The Labute approximate surface area is 189 Å². The summed E-state index contributed by atoms with van der Waals surface area (Å²) in [7, 11) is -3.57. The minimum Gasteiger partial charge on any atom is -0.492 e. The van der Waals surface area contributed by atoms with Crippen molar-refractivity contribution >= 4 is 32.4 Å². The maximum Gasteiger partial charge on any atom is 0.265 e. The molecule has 0 saturated carbocycles. The van der Waals surface area contributed by atoms with Crippen LogP contribution in [-0.4, -0.2) is 34.0 Å². The number of hydrogen-bond acceptors (Lipinski definition) is 4. The molecule has 1 N–H and O–H groups in total. The number of aryl methyl sites for hydroxylation is 1. The van der Waals surface area contributed by atoms with Gasteiger partial charge in [0.15, 0.2) is 0 Å². The van der Waals surface area contributed by atoms with E-state index in [0.29, 0.717) is 30.2 Å². The molecule has 1 aliphatic rings. The van der Waals surface area contributed by atoms with E-state index in [9.17, 15) is 13.2 Å². The van der Waals surface area contributed by atoms with Gasteiger partial charge in [-0.1, -0.05) is 49.7 Å². The van der Waals surface area contributed by atoms with Crippen LogP contribution in [-0.2, 0) is 21.2 Å². The van der Waals surface area contributed by atoms with Gasteiger partial charge in [-0.05, 0) is 48.1 Å². The largest absolute Gasteiger partial charge is 0.492 e. The molecule has 1 amide bonds. The minimum atomic E-state index is -3.57. The number of anilines is 1. The van der Waals surface area contributed by atoms with Crippen LogP contribution in [0.25, 0.3) is 10.8 Å². The molecular formula is C25H28N2O4S. The molecule has 1 heterocycles. The van der Waals surface area contributed by atoms with Gasteiger partial charge in [0.25, 0.3) is 10.0 Å². The molecule has 168 valence electrons. The molecule has 0 spiro atoms. The Balaban J connectivity index is 1.23. The van der Waals surface area contributed by atoms with Crippen molar-refractivity contribution in [2.45, 2.75) is 37.5 Å². The van der Waals surface area contributed by atoms with E-state index in [4.69, 9.17) is 4.74 Å². The molecule has 3 aromatic carbocycles. The molecule has 0 atom stereocenters. The van der Waals surface area contributed by atoms with Gasteiger partial charge in [-0.2, -0.15) is 0 Å². The molecule has 0 aliphatic carbocycles. The highest BCUT2D eigenvalue weighted by Crippen LogP contribution is 2.41. The van der Waals surface area contributed by atoms with Gasteiger partial charge in [-0.3, -0.25) is 9.10 Å². The summed E-state index contributed by atoms with van der Waals surface area (Å²) in [6.07, 6.45) is 2.86. The fourth-order valence-corrected chi connectivity index (χ4v) is 5.82. The lowest BCUT2D eigenvalue weighted by molar-refractivity contribution is -0.121. The normalized spacial score (nSPS) is 14.0. The first-order chi connectivity index (χ1) is 15.5. The zero-order valence-electron chi connectivity index (χ0n) is 18.2. The lowest BCUT2D eigenvalue weighted by Crippen LogP contribution is -2.31. The molecule has 6 nitrogen and oxygen atoms in total. The first-order valence-electron chi connectivity index (χ1n) is 11.0. The van der Waals surface area contributed by atoms with Crippen LogP contribution in [0.2, 0.25) is 0 Å². The molecule has 0 aromatic heterocycles. The third-order valence-electron chi connectivity index (χ3n) is 5.60. The molecule has 0 bridgehead atoms. The average molecular weight is 453 g/mol. The molecule has 0 radical (unpaired) electrons. The van der Waals surface area contributed by atoms with Gasteiger partial charge in [0.2, 0.25) is 5.91 Å². The Morgan fingerprint density at radius 1 is 1.03 bits per heavy atom. The third-order valence-corrected chi connectivity index (χ3v) is 7.46.